The predicted octanol–water partition coefficient (Wildman–Crippen LogP) is 3.47. The number of benzene rings is 2. The van der Waals surface area contributed by atoms with Gasteiger partial charge in [0, 0.05) is 5.92 Å². The number of fused-ring (bicyclic) bond motifs is 1. The van der Waals surface area contributed by atoms with E-state index in [-0.39, 0.29) is 18.3 Å². The van der Waals surface area contributed by atoms with Crippen LogP contribution in [-0.2, 0) is 11.2 Å². The van der Waals surface area contributed by atoms with Crippen LogP contribution >= 0.6 is 0 Å². The van der Waals surface area contributed by atoms with E-state index in [9.17, 15) is 19.8 Å². The van der Waals surface area contributed by atoms with Crippen molar-refractivity contribution in [1.82, 2.24) is 0 Å². The van der Waals surface area contributed by atoms with E-state index in [0.29, 0.717) is 23.5 Å². The van der Waals surface area contributed by atoms with Crippen molar-refractivity contribution >= 4 is 11.9 Å². The molecule has 1 aliphatic heterocycles. The first-order valence-corrected chi connectivity index (χ1v) is 8.32. The average Bonchev–Trinajstić information content (AvgIpc) is 3.07. The first-order chi connectivity index (χ1) is 12.4. The topological polar surface area (TPSA) is 93.1 Å². The minimum atomic E-state index is -0.990. The van der Waals surface area contributed by atoms with Gasteiger partial charge in [-0.1, -0.05) is 25.1 Å². The van der Waals surface area contributed by atoms with Crippen molar-refractivity contribution < 1.29 is 29.3 Å². The minimum Gasteiger partial charge on any atom is -0.481 e. The van der Waals surface area contributed by atoms with Gasteiger partial charge in [-0.05, 0) is 48.2 Å². The molecule has 0 aliphatic carbocycles. The van der Waals surface area contributed by atoms with Gasteiger partial charge in [-0.2, -0.15) is 0 Å². The Balaban J connectivity index is 1.99. The molecule has 26 heavy (non-hydrogen) atoms. The zero-order chi connectivity index (χ0) is 18.8. The first kappa shape index (κ1) is 17.8. The Hall–Kier alpha value is -3.02. The van der Waals surface area contributed by atoms with Crippen LogP contribution < -0.4 is 9.47 Å². The summed E-state index contributed by atoms with van der Waals surface area (Å²) in [6, 6.07) is 10.5. The van der Waals surface area contributed by atoms with Crippen LogP contribution in [0.1, 0.15) is 39.9 Å². The average molecular weight is 356 g/mol. The Labute approximate surface area is 151 Å². The van der Waals surface area contributed by atoms with Crippen molar-refractivity contribution in [1.29, 1.82) is 0 Å². The van der Waals surface area contributed by atoms with E-state index >= 15 is 0 Å². The summed E-state index contributed by atoms with van der Waals surface area (Å²) in [6.45, 7) is 3.56. The Morgan fingerprint density at radius 1 is 1.12 bits per heavy atom. The van der Waals surface area contributed by atoms with Gasteiger partial charge in [0.15, 0.2) is 11.5 Å². The van der Waals surface area contributed by atoms with Gasteiger partial charge in [-0.25, -0.2) is 4.79 Å². The highest BCUT2D eigenvalue weighted by Gasteiger charge is 2.28. The molecule has 0 saturated carbocycles. The molecule has 2 unspecified atom stereocenters. The van der Waals surface area contributed by atoms with Crippen molar-refractivity contribution in [2.45, 2.75) is 26.2 Å². The highest BCUT2D eigenvalue weighted by Crippen LogP contribution is 2.38. The fourth-order valence-electron chi connectivity index (χ4n) is 3.27. The molecule has 0 saturated heterocycles. The Morgan fingerprint density at radius 3 is 2.54 bits per heavy atom. The molecule has 0 radical (unpaired) electrons. The number of hydrogen-bond acceptors (Lipinski definition) is 4. The van der Waals surface area contributed by atoms with Crippen molar-refractivity contribution in [3.63, 3.8) is 0 Å². The molecule has 3 rings (SSSR count). The molecule has 0 bridgehead atoms. The molecule has 0 aromatic heterocycles. The molecule has 2 N–H and O–H groups in total. The Bertz CT molecular complexity index is 857. The largest absolute Gasteiger partial charge is 0.481 e. The molecular weight excluding hydrogens is 336 g/mol. The molecular formula is C20H20O6. The van der Waals surface area contributed by atoms with Crippen LogP contribution in [0.4, 0.5) is 0 Å². The van der Waals surface area contributed by atoms with Gasteiger partial charge in [0.2, 0.25) is 6.79 Å². The normalized spacial score (nSPS) is 14.7. The lowest BCUT2D eigenvalue weighted by molar-refractivity contribution is -0.141. The molecule has 2 aromatic carbocycles. The number of carboxylic acids is 2. The lowest BCUT2D eigenvalue weighted by atomic mass is 9.81. The van der Waals surface area contributed by atoms with Crippen LogP contribution in [0, 0.1) is 12.8 Å². The molecule has 0 spiro atoms. The van der Waals surface area contributed by atoms with Gasteiger partial charge >= 0.3 is 11.9 Å². The first-order valence-electron chi connectivity index (χ1n) is 8.32. The molecule has 6 nitrogen and oxygen atoms in total. The molecule has 0 fully saturated rings. The summed E-state index contributed by atoms with van der Waals surface area (Å²) in [5.74, 6) is -1.64. The van der Waals surface area contributed by atoms with Crippen LogP contribution in [0.15, 0.2) is 36.4 Å². The van der Waals surface area contributed by atoms with Crippen LogP contribution in [0.25, 0.3) is 0 Å². The maximum Gasteiger partial charge on any atom is 0.335 e. The van der Waals surface area contributed by atoms with Crippen LogP contribution in [0.3, 0.4) is 0 Å². The summed E-state index contributed by atoms with van der Waals surface area (Å²) in [4.78, 5) is 23.0. The lowest BCUT2D eigenvalue weighted by Crippen LogP contribution is -2.21. The molecule has 1 aliphatic rings. The lowest BCUT2D eigenvalue weighted by Gasteiger charge is -2.23. The Morgan fingerprint density at radius 2 is 1.85 bits per heavy atom. The molecule has 136 valence electrons. The van der Waals surface area contributed by atoms with Crippen molar-refractivity contribution in [2.24, 2.45) is 5.92 Å². The van der Waals surface area contributed by atoms with E-state index in [1.54, 1.807) is 32.0 Å². The van der Waals surface area contributed by atoms with Gasteiger partial charge in [-0.15, -0.1) is 0 Å². The number of carboxylic acid groups (broad SMARTS) is 2. The monoisotopic (exact) mass is 356 g/mol. The summed E-state index contributed by atoms with van der Waals surface area (Å²) < 4.78 is 10.7. The third-order valence-corrected chi connectivity index (χ3v) is 4.93. The number of rotatable bonds is 6. The molecule has 2 atom stereocenters. The van der Waals surface area contributed by atoms with Crippen LogP contribution in [0.5, 0.6) is 11.5 Å². The third-order valence-electron chi connectivity index (χ3n) is 4.93. The minimum absolute atomic E-state index is 0.150. The number of hydrogen-bond donors (Lipinski definition) is 2. The predicted molar refractivity (Wildman–Crippen MR) is 93.9 cm³/mol. The van der Waals surface area contributed by atoms with Crippen molar-refractivity contribution in [2.75, 3.05) is 6.79 Å². The number of aromatic carboxylic acids is 1. The van der Waals surface area contributed by atoms with Gasteiger partial charge < -0.3 is 19.7 Å². The second-order valence-corrected chi connectivity index (χ2v) is 6.45. The second-order valence-electron chi connectivity index (χ2n) is 6.45. The van der Waals surface area contributed by atoms with Crippen LogP contribution in [0.2, 0.25) is 0 Å². The second kappa shape index (κ2) is 7.07. The summed E-state index contributed by atoms with van der Waals surface area (Å²) in [5, 5.41) is 18.9. The summed E-state index contributed by atoms with van der Waals surface area (Å²) in [7, 11) is 0. The van der Waals surface area contributed by atoms with Gasteiger partial charge in [-0.3, -0.25) is 4.79 Å². The third kappa shape index (κ3) is 3.35. The SMILES string of the molecule is Cc1c(CC(c2ccc3c(c2)OCO3)C(C)C(=O)O)cccc1C(=O)O. The Kier molecular flexibility index (Phi) is 4.84. The number of ether oxygens (including phenoxy) is 2. The maximum absolute atomic E-state index is 11.6. The summed E-state index contributed by atoms with van der Waals surface area (Å²) in [6.07, 6.45) is 0.417. The standard InChI is InChI=1S/C20H20O6/c1-11-13(4-3-5-15(11)20(23)24)8-16(12(2)19(21)22)14-6-7-17-18(9-14)26-10-25-17/h3-7,9,12,16H,8,10H2,1-2H3,(H,21,22)(H,23,24). The molecule has 6 heteroatoms. The van der Waals surface area contributed by atoms with Crippen molar-refractivity contribution in [3.8, 4) is 11.5 Å². The fourth-order valence-corrected chi connectivity index (χ4v) is 3.27. The zero-order valence-corrected chi connectivity index (χ0v) is 14.6. The summed E-state index contributed by atoms with van der Waals surface area (Å²) >= 11 is 0. The molecule has 2 aromatic rings. The van der Waals surface area contributed by atoms with E-state index < -0.39 is 17.9 Å². The smallest absolute Gasteiger partial charge is 0.335 e. The highest BCUT2D eigenvalue weighted by molar-refractivity contribution is 5.89. The van der Waals surface area contributed by atoms with E-state index in [2.05, 4.69) is 0 Å². The summed E-state index contributed by atoms with van der Waals surface area (Å²) in [5.41, 5.74) is 2.53. The van der Waals surface area contributed by atoms with Gasteiger partial charge in [0.25, 0.3) is 0 Å². The van der Waals surface area contributed by atoms with E-state index in [1.807, 2.05) is 18.2 Å². The van der Waals surface area contributed by atoms with E-state index in [1.165, 1.54) is 0 Å². The fraction of sp³-hybridized carbons (Fsp3) is 0.300. The number of aliphatic carboxylic acids is 1. The van der Waals surface area contributed by atoms with Crippen LogP contribution in [-0.4, -0.2) is 28.9 Å². The van der Waals surface area contributed by atoms with E-state index in [4.69, 9.17) is 9.47 Å². The zero-order valence-electron chi connectivity index (χ0n) is 14.6. The quantitative estimate of drug-likeness (QED) is 0.823. The molecule has 1 heterocycles. The number of carbonyl (C=O) groups is 2. The van der Waals surface area contributed by atoms with Crippen molar-refractivity contribution in [3.05, 3.63) is 58.7 Å². The maximum atomic E-state index is 11.6. The van der Waals surface area contributed by atoms with Gasteiger partial charge in [0.05, 0.1) is 11.5 Å². The molecule has 0 amide bonds. The van der Waals surface area contributed by atoms with E-state index in [0.717, 1.165) is 11.1 Å². The van der Waals surface area contributed by atoms with Gasteiger partial charge in [0.1, 0.15) is 0 Å². The highest BCUT2D eigenvalue weighted by atomic mass is 16.7.